The van der Waals surface area contributed by atoms with Crippen LogP contribution in [0.5, 0.6) is 0 Å². The number of thiophene rings is 1. The number of rotatable bonds is 5. The van der Waals surface area contributed by atoms with Gasteiger partial charge >= 0.3 is 0 Å². The van der Waals surface area contributed by atoms with Crippen LogP contribution in [-0.2, 0) is 6.42 Å². The van der Waals surface area contributed by atoms with E-state index in [1.54, 1.807) is 0 Å². The standard InChI is InChI=1S/C44H33N3S/c1-28-24-33(36-20-10-15-30-14-5-6-18-35(30)36)27-34(25-28)43-45-42(32-17-9-16-31(26-32)29-12-3-2-4-13-29)46-44(47-43)39-22-11-21-38-37-19-7-8-23-40(37)48-41(38)39/h2-5,7-17,19-24,26-28H,6,18,25H2,1H3. The molecule has 2 aliphatic rings. The summed E-state index contributed by atoms with van der Waals surface area (Å²) in [5, 5.41) is 2.50. The number of aromatic nitrogens is 3. The molecule has 9 rings (SSSR count). The van der Waals surface area contributed by atoms with Crippen molar-refractivity contribution in [2.75, 3.05) is 0 Å². The molecular weight excluding hydrogens is 603 g/mol. The molecular formula is C44H33N3S. The topological polar surface area (TPSA) is 38.7 Å². The van der Waals surface area contributed by atoms with E-state index >= 15 is 0 Å². The van der Waals surface area contributed by atoms with Crippen LogP contribution in [0.2, 0.25) is 0 Å². The maximum absolute atomic E-state index is 5.28. The highest BCUT2D eigenvalue weighted by Crippen LogP contribution is 2.41. The predicted octanol–water partition coefficient (Wildman–Crippen LogP) is 11.7. The fourth-order valence-corrected chi connectivity index (χ4v) is 8.45. The largest absolute Gasteiger partial charge is 0.209 e. The lowest BCUT2D eigenvalue weighted by atomic mass is 9.83. The molecule has 0 N–H and O–H groups in total. The summed E-state index contributed by atoms with van der Waals surface area (Å²) in [6.07, 6.45) is 12.3. The van der Waals surface area contributed by atoms with Gasteiger partial charge in [-0.05, 0) is 88.4 Å². The second-order valence-electron chi connectivity index (χ2n) is 12.8. The van der Waals surface area contributed by atoms with Crippen molar-refractivity contribution in [2.45, 2.75) is 26.2 Å². The van der Waals surface area contributed by atoms with E-state index < -0.39 is 0 Å². The SMILES string of the molecule is CC1C=C(c2cccc3c2CCC=C3)C=C(c2nc(-c3cccc(-c4ccccc4)c3)nc(-c3cccc4c3sc3ccccc34)n2)C1. The van der Waals surface area contributed by atoms with Gasteiger partial charge in [-0.1, -0.05) is 122 Å². The van der Waals surface area contributed by atoms with Crippen LogP contribution in [0.15, 0.2) is 133 Å². The summed E-state index contributed by atoms with van der Waals surface area (Å²) < 4.78 is 2.47. The number of benzene rings is 5. The maximum atomic E-state index is 5.28. The number of hydrogen-bond donors (Lipinski definition) is 0. The normalized spacial score (nSPS) is 15.7. The monoisotopic (exact) mass is 635 g/mol. The van der Waals surface area contributed by atoms with Gasteiger partial charge in [0.1, 0.15) is 0 Å². The van der Waals surface area contributed by atoms with Crippen molar-refractivity contribution < 1.29 is 0 Å². The molecule has 0 saturated heterocycles. The Morgan fingerprint density at radius 2 is 1.38 bits per heavy atom. The lowest BCUT2D eigenvalue weighted by Gasteiger charge is -2.22. The first-order valence-corrected chi connectivity index (χ1v) is 17.5. The highest BCUT2D eigenvalue weighted by molar-refractivity contribution is 7.26. The molecule has 0 bridgehead atoms. The van der Waals surface area contributed by atoms with Crippen LogP contribution in [-0.4, -0.2) is 15.0 Å². The van der Waals surface area contributed by atoms with Crippen molar-refractivity contribution >= 4 is 48.7 Å². The fourth-order valence-electron chi connectivity index (χ4n) is 7.24. The summed E-state index contributed by atoms with van der Waals surface area (Å²) in [5.41, 5.74) is 10.8. The first-order chi connectivity index (χ1) is 23.7. The third-order valence-corrected chi connectivity index (χ3v) is 10.7. The van der Waals surface area contributed by atoms with Crippen LogP contribution in [0, 0.1) is 5.92 Å². The molecule has 0 aliphatic heterocycles. The van der Waals surface area contributed by atoms with Crippen molar-refractivity contribution in [3.05, 3.63) is 156 Å². The summed E-state index contributed by atoms with van der Waals surface area (Å²) >= 11 is 1.81. The van der Waals surface area contributed by atoms with Gasteiger partial charge in [0.15, 0.2) is 17.5 Å². The Labute approximate surface area is 284 Å². The number of nitrogens with zero attached hydrogens (tertiary/aromatic N) is 3. The first-order valence-electron chi connectivity index (χ1n) is 16.7. The van der Waals surface area contributed by atoms with Crippen LogP contribution in [0.1, 0.15) is 42.3 Å². The van der Waals surface area contributed by atoms with Gasteiger partial charge < -0.3 is 0 Å². The van der Waals surface area contributed by atoms with E-state index in [2.05, 4.69) is 146 Å². The molecule has 0 saturated carbocycles. The minimum atomic E-state index is 0.353. The second-order valence-corrected chi connectivity index (χ2v) is 13.9. The Morgan fingerprint density at radius 3 is 2.31 bits per heavy atom. The van der Waals surface area contributed by atoms with Crippen LogP contribution >= 0.6 is 11.3 Å². The Hall–Kier alpha value is -5.45. The molecule has 0 fully saturated rings. The summed E-state index contributed by atoms with van der Waals surface area (Å²) in [7, 11) is 0. The minimum Gasteiger partial charge on any atom is -0.209 e. The molecule has 2 aromatic heterocycles. The van der Waals surface area contributed by atoms with Gasteiger partial charge in [0.25, 0.3) is 0 Å². The van der Waals surface area contributed by atoms with E-state index in [1.807, 2.05) is 11.3 Å². The van der Waals surface area contributed by atoms with Crippen LogP contribution < -0.4 is 0 Å². The van der Waals surface area contributed by atoms with Crippen molar-refractivity contribution in [1.29, 1.82) is 0 Å². The summed E-state index contributed by atoms with van der Waals surface area (Å²) in [6.45, 7) is 2.30. The van der Waals surface area contributed by atoms with E-state index in [9.17, 15) is 0 Å². The van der Waals surface area contributed by atoms with E-state index in [-0.39, 0.29) is 0 Å². The van der Waals surface area contributed by atoms with Gasteiger partial charge in [0.2, 0.25) is 0 Å². The molecule has 3 nitrogen and oxygen atoms in total. The fraction of sp³-hybridized carbons (Fsp3) is 0.114. The van der Waals surface area contributed by atoms with Crippen LogP contribution in [0.3, 0.4) is 0 Å². The highest BCUT2D eigenvalue weighted by atomic mass is 32.1. The molecule has 1 unspecified atom stereocenters. The third-order valence-electron chi connectivity index (χ3n) is 9.51. The maximum Gasteiger partial charge on any atom is 0.165 e. The number of fused-ring (bicyclic) bond motifs is 4. The van der Waals surface area contributed by atoms with Gasteiger partial charge in [-0.15, -0.1) is 11.3 Å². The van der Waals surface area contributed by atoms with E-state index in [0.717, 1.165) is 47.4 Å². The van der Waals surface area contributed by atoms with E-state index in [4.69, 9.17) is 15.0 Å². The number of allylic oxidation sites excluding steroid dienone is 5. The average molecular weight is 636 g/mol. The van der Waals surface area contributed by atoms with Crippen LogP contribution in [0.4, 0.5) is 0 Å². The average Bonchev–Trinajstić information content (AvgIpc) is 3.54. The van der Waals surface area contributed by atoms with Gasteiger partial charge in [-0.3, -0.25) is 0 Å². The zero-order valence-electron chi connectivity index (χ0n) is 26.7. The quantitative estimate of drug-likeness (QED) is 0.189. The van der Waals surface area contributed by atoms with Gasteiger partial charge in [0, 0.05) is 31.3 Å². The summed E-state index contributed by atoms with van der Waals surface area (Å²) in [5.74, 6) is 2.51. The van der Waals surface area contributed by atoms with Gasteiger partial charge in [0.05, 0.1) is 0 Å². The zero-order valence-corrected chi connectivity index (χ0v) is 27.5. The summed E-state index contributed by atoms with van der Waals surface area (Å²) in [4.78, 5) is 15.7. The van der Waals surface area contributed by atoms with E-state index in [0.29, 0.717) is 17.6 Å². The molecule has 5 aromatic carbocycles. The lowest BCUT2D eigenvalue weighted by Crippen LogP contribution is -2.08. The Balaban J connectivity index is 1.23. The van der Waals surface area contributed by atoms with Crippen molar-refractivity contribution in [1.82, 2.24) is 15.0 Å². The molecule has 1 atom stereocenters. The molecule has 2 aliphatic carbocycles. The zero-order chi connectivity index (χ0) is 32.0. The molecule has 48 heavy (non-hydrogen) atoms. The Bertz CT molecular complexity index is 2450. The van der Waals surface area contributed by atoms with Crippen LogP contribution in [0.25, 0.3) is 71.3 Å². The first kappa shape index (κ1) is 28.7. The molecule has 0 radical (unpaired) electrons. The molecule has 7 aromatic rings. The van der Waals surface area contributed by atoms with Gasteiger partial charge in [-0.25, -0.2) is 15.0 Å². The Kier molecular flexibility index (Phi) is 7.17. The Morgan fingerprint density at radius 1 is 0.646 bits per heavy atom. The molecule has 230 valence electrons. The lowest BCUT2D eigenvalue weighted by molar-refractivity contribution is 0.745. The summed E-state index contributed by atoms with van der Waals surface area (Å²) in [6, 6.07) is 40.9. The minimum absolute atomic E-state index is 0.353. The van der Waals surface area contributed by atoms with Gasteiger partial charge in [-0.2, -0.15) is 0 Å². The molecule has 0 spiro atoms. The highest BCUT2D eigenvalue weighted by Gasteiger charge is 2.22. The number of hydrogen-bond acceptors (Lipinski definition) is 4. The van der Waals surface area contributed by atoms with Crippen molar-refractivity contribution in [2.24, 2.45) is 5.92 Å². The third kappa shape index (κ3) is 5.19. The predicted molar refractivity (Wildman–Crippen MR) is 203 cm³/mol. The smallest absolute Gasteiger partial charge is 0.165 e. The van der Waals surface area contributed by atoms with Crippen molar-refractivity contribution in [3.8, 4) is 33.9 Å². The second kappa shape index (κ2) is 12.0. The molecule has 2 heterocycles. The molecule has 0 amide bonds. The van der Waals surface area contributed by atoms with Crippen molar-refractivity contribution in [3.63, 3.8) is 0 Å². The molecule has 4 heteroatoms. The van der Waals surface area contributed by atoms with E-state index in [1.165, 1.54) is 48.0 Å².